The van der Waals surface area contributed by atoms with Crippen molar-refractivity contribution in [2.45, 2.75) is 26.5 Å². The van der Waals surface area contributed by atoms with Crippen molar-refractivity contribution in [2.75, 3.05) is 19.7 Å². The minimum atomic E-state index is -0.896. The molecule has 1 unspecified atom stereocenters. The standard InChI is InChI=1S/C12H19N3O3/c1-8-9(2)14(3)11(13-8)7-15-4-5-18-10(6-15)12(16)17/h10H,4-7H2,1-3H3,(H,16,17). The summed E-state index contributed by atoms with van der Waals surface area (Å²) in [5.74, 6) is 0.0722. The van der Waals surface area contributed by atoms with Gasteiger partial charge in [0.2, 0.25) is 0 Å². The van der Waals surface area contributed by atoms with E-state index in [9.17, 15) is 4.79 Å². The van der Waals surface area contributed by atoms with E-state index in [1.807, 2.05) is 20.9 Å². The predicted molar refractivity (Wildman–Crippen MR) is 65.3 cm³/mol. The Bertz CT molecular complexity index is 456. The van der Waals surface area contributed by atoms with Crippen LogP contribution in [0.5, 0.6) is 0 Å². The zero-order chi connectivity index (χ0) is 13.3. The largest absolute Gasteiger partial charge is 0.479 e. The average Bonchev–Trinajstić information content (AvgIpc) is 2.57. The Hall–Kier alpha value is -1.40. The summed E-state index contributed by atoms with van der Waals surface area (Å²) in [4.78, 5) is 17.5. The number of aryl methyl sites for hydroxylation is 1. The van der Waals surface area contributed by atoms with Gasteiger partial charge in [-0.1, -0.05) is 0 Å². The molecule has 6 heteroatoms. The highest BCUT2D eigenvalue weighted by molar-refractivity contribution is 5.72. The molecule has 0 amide bonds. The zero-order valence-corrected chi connectivity index (χ0v) is 11.0. The van der Waals surface area contributed by atoms with Crippen molar-refractivity contribution in [1.82, 2.24) is 14.5 Å². The molecule has 1 atom stereocenters. The highest BCUT2D eigenvalue weighted by atomic mass is 16.5. The minimum Gasteiger partial charge on any atom is -0.479 e. The van der Waals surface area contributed by atoms with E-state index in [0.717, 1.165) is 23.8 Å². The lowest BCUT2D eigenvalue weighted by Gasteiger charge is -2.30. The van der Waals surface area contributed by atoms with Gasteiger partial charge in [0.05, 0.1) is 18.8 Å². The van der Waals surface area contributed by atoms with Gasteiger partial charge in [-0.3, -0.25) is 4.90 Å². The third kappa shape index (κ3) is 2.54. The molecular formula is C12H19N3O3. The first-order valence-electron chi connectivity index (χ1n) is 6.04. The third-order valence-electron chi connectivity index (χ3n) is 3.50. The summed E-state index contributed by atoms with van der Waals surface area (Å²) in [7, 11) is 1.99. The lowest BCUT2D eigenvalue weighted by atomic mass is 10.2. The highest BCUT2D eigenvalue weighted by Crippen LogP contribution is 2.13. The first-order valence-corrected chi connectivity index (χ1v) is 6.04. The van der Waals surface area contributed by atoms with E-state index in [1.54, 1.807) is 0 Å². The molecule has 1 saturated heterocycles. The van der Waals surface area contributed by atoms with E-state index in [-0.39, 0.29) is 0 Å². The Morgan fingerprint density at radius 2 is 2.28 bits per heavy atom. The van der Waals surface area contributed by atoms with Gasteiger partial charge in [0.1, 0.15) is 5.82 Å². The van der Waals surface area contributed by atoms with Crippen molar-refractivity contribution in [3.63, 3.8) is 0 Å². The van der Waals surface area contributed by atoms with Crippen LogP contribution in [0.4, 0.5) is 0 Å². The SMILES string of the molecule is Cc1nc(CN2CCOC(C(=O)O)C2)n(C)c1C. The predicted octanol–water partition coefficient (Wildman–Crippen LogP) is 0.322. The van der Waals surface area contributed by atoms with Gasteiger partial charge < -0.3 is 14.4 Å². The molecule has 1 aromatic heterocycles. The van der Waals surface area contributed by atoms with Gasteiger partial charge >= 0.3 is 5.97 Å². The first-order chi connectivity index (χ1) is 8.49. The molecule has 6 nitrogen and oxygen atoms in total. The summed E-state index contributed by atoms with van der Waals surface area (Å²) < 4.78 is 7.25. The van der Waals surface area contributed by atoms with Gasteiger partial charge in [-0.2, -0.15) is 0 Å². The summed E-state index contributed by atoms with van der Waals surface area (Å²) >= 11 is 0. The number of hydrogen-bond acceptors (Lipinski definition) is 4. The Balaban J connectivity index is 2.05. The van der Waals surface area contributed by atoms with Crippen molar-refractivity contribution in [3.8, 4) is 0 Å². The number of aromatic nitrogens is 2. The van der Waals surface area contributed by atoms with Crippen molar-refractivity contribution in [2.24, 2.45) is 7.05 Å². The number of hydrogen-bond donors (Lipinski definition) is 1. The maximum absolute atomic E-state index is 10.9. The topological polar surface area (TPSA) is 67.6 Å². The molecule has 1 aliphatic heterocycles. The van der Waals surface area contributed by atoms with Gasteiger partial charge in [0.15, 0.2) is 6.10 Å². The molecule has 0 aromatic carbocycles. The molecule has 0 aliphatic carbocycles. The summed E-state index contributed by atoms with van der Waals surface area (Å²) in [6, 6.07) is 0. The number of morpholine rings is 1. The molecule has 0 bridgehead atoms. The Kier molecular flexibility index (Phi) is 3.68. The molecule has 1 fully saturated rings. The van der Waals surface area contributed by atoms with Crippen LogP contribution >= 0.6 is 0 Å². The van der Waals surface area contributed by atoms with Crippen LogP contribution in [0.15, 0.2) is 0 Å². The maximum Gasteiger partial charge on any atom is 0.334 e. The number of imidazole rings is 1. The molecule has 1 aromatic rings. The van der Waals surface area contributed by atoms with E-state index in [1.165, 1.54) is 0 Å². The molecule has 0 saturated carbocycles. The lowest BCUT2D eigenvalue weighted by molar-refractivity contribution is -0.156. The molecule has 0 radical (unpaired) electrons. The molecule has 2 rings (SSSR count). The molecule has 1 N–H and O–H groups in total. The number of aliphatic carboxylic acids is 1. The van der Waals surface area contributed by atoms with Crippen molar-refractivity contribution >= 4 is 5.97 Å². The Labute approximate surface area is 106 Å². The molecule has 2 heterocycles. The summed E-state index contributed by atoms with van der Waals surface area (Å²) in [6.07, 6.45) is -0.721. The van der Waals surface area contributed by atoms with Gasteiger partial charge in [-0.05, 0) is 13.8 Å². The highest BCUT2D eigenvalue weighted by Gasteiger charge is 2.26. The smallest absolute Gasteiger partial charge is 0.334 e. The van der Waals surface area contributed by atoms with Crippen LogP contribution in [0, 0.1) is 13.8 Å². The quantitative estimate of drug-likeness (QED) is 0.840. The van der Waals surface area contributed by atoms with Crippen LogP contribution in [0.2, 0.25) is 0 Å². The number of ether oxygens (including phenoxy) is 1. The Morgan fingerprint density at radius 1 is 1.56 bits per heavy atom. The number of carboxylic acids is 1. The first kappa shape index (κ1) is 13.0. The minimum absolute atomic E-state index is 0.417. The van der Waals surface area contributed by atoms with Crippen LogP contribution in [0.3, 0.4) is 0 Å². The van der Waals surface area contributed by atoms with Crippen LogP contribution in [0.1, 0.15) is 17.2 Å². The molecule has 1 aliphatic rings. The van der Waals surface area contributed by atoms with Gasteiger partial charge in [-0.15, -0.1) is 0 Å². The van der Waals surface area contributed by atoms with E-state index in [2.05, 4.69) is 14.5 Å². The van der Waals surface area contributed by atoms with E-state index >= 15 is 0 Å². The fourth-order valence-electron chi connectivity index (χ4n) is 2.12. The molecular weight excluding hydrogens is 234 g/mol. The second-order valence-corrected chi connectivity index (χ2v) is 4.69. The number of rotatable bonds is 3. The van der Waals surface area contributed by atoms with Crippen molar-refractivity contribution < 1.29 is 14.6 Å². The third-order valence-corrected chi connectivity index (χ3v) is 3.50. The number of carboxylic acid groups (broad SMARTS) is 1. The van der Waals surface area contributed by atoms with Crippen LogP contribution in [0.25, 0.3) is 0 Å². The fraction of sp³-hybridized carbons (Fsp3) is 0.667. The summed E-state index contributed by atoms with van der Waals surface area (Å²) in [5.41, 5.74) is 2.17. The van der Waals surface area contributed by atoms with Gasteiger partial charge in [-0.25, -0.2) is 9.78 Å². The summed E-state index contributed by atoms with van der Waals surface area (Å²) in [6.45, 7) is 6.30. The van der Waals surface area contributed by atoms with Gasteiger partial charge in [0.25, 0.3) is 0 Å². The van der Waals surface area contributed by atoms with Crippen molar-refractivity contribution in [3.05, 3.63) is 17.2 Å². The van der Waals surface area contributed by atoms with E-state index in [0.29, 0.717) is 19.7 Å². The van der Waals surface area contributed by atoms with Crippen LogP contribution < -0.4 is 0 Å². The normalized spacial score (nSPS) is 21.2. The van der Waals surface area contributed by atoms with E-state index < -0.39 is 12.1 Å². The zero-order valence-electron chi connectivity index (χ0n) is 11.0. The van der Waals surface area contributed by atoms with Crippen LogP contribution in [-0.4, -0.2) is 51.3 Å². The van der Waals surface area contributed by atoms with Crippen LogP contribution in [-0.2, 0) is 23.1 Å². The van der Waals surface area contributed by atoms with Crippen molar-refractivity contribution in [1.29, 1.82) is 0 Å². The second kappa shape index (κ2) is 5.07. The number of carbonyl (C=O) groups is 1. The lowest BCUT2D eigenvalue weighted by Crippen LogP contribution is -2.45. The van der Waals surface area contributed by atoms with Gasteiger partial charge in [0, 0.05) is 25.8 Å². The fourth-order valence-corrected chi connectivity index (χ4v) is 2.12. The maximum atomic E-state index is 10.9. The number of nitrogens with zero attached hydrogens (tertiary/aromatic N) is 3. The van der Waals surface area contributed by atoms with E-state index in [4.69, 9.17) is 9.84 Å². The average molecular weight is 253 g/mol. The molecule has 100 valence electrons. The second-order valence-electron chi connectivity index (χ2n) is 4.69. The summed E-state index contributed by atoms with van der Waals surface area (Å²) in [5, 5.41) is 8.95. The Morgan fingerprint density at radius 3 is 2.83 bits per heavy atom. The monoisotopic (exact) mass is 253 g/mol. The molecule has 0 spiro atoms. The molecule has 18 heavy (non-hydrogen) atoms.